The Morgan fingerprint density at radius 2 is 1.54 bits per heavy atom. The summed E-state index contributed by atoms with van der Waals surface area (Å²) >= 11 is 6.11. The van der Waals surface area contributed by atoms with Crippen molar-refractivity contribution in [2.24, 2.45) is 17.3 Å². The number of hydrogen-bond acceptors (Lipinski definition) is 3. The van der Waals surface area contributed by atoms with Crippen molar-refractivity contribution in [2.75, 3.05) is 10.0 Å². The first kappa shape index (κ1) is 24.5. The molecule has 2 atom stereocenters. The molecule has 0 aromatic heterocycles. The Morgan fingerprint density at radius 3 is 2.19 bits per heavy atom. The molecular weight excluding hydrogens is 504 g/mol. The monoisotopic (exact) mass is 534 g/mol. The van der Waals surface area contributed by atoms with Crippen LogP contribution >= 0.6 is 11.6 Å². The van der Waals surface area contributed by atoms with Gasteiger partial charge in [0.2, 0.25) is 5.91 Å². The molecule has 4 aliphatic rings. The Hall–Kier alpha value is -2.83. The number of carbonyl (C=O) groups excluding carboxylic acids is 1. The number of benzene rings is 3. The van der Waals surface area contributed by atoms with Crippen molar-refractivity contribution < 1.29 is 13.2 Å². The Bertz CT molecular complexity index is 1440. The van der Waals surface area contributed by atoms with E-state index >= 15 is 0 Å². The average molecular weight is 535 g/mol. The highest BCUT2D eigenvalue weighted by Gasteiger charge is 2.60. The molecule has 3 aromatic carbocycles. The van der Waals surface area contributed by atoms with E-state index in [0.29, 0.717) is 28.2 Å². The molecule has 0 unspecified atom stereocenters. The topological polar surface area (TPSA) is 75.3 Å². The fraction of sp³-hybridized carbons (Fsp3) is 0.367. The average Bonchev–Trinajstić information content (AvgIpc) is 2.85. The van der Waals surface area contributed by atoms with Crippen LogP contribution in [0.4, 0.5) is 11.4 Å². The van der Waals surface area contributed by atoms with Crippen LogP contribution in [-0.4, -0.2) is 14.3 Å². The van der Waals surface area contributed by atoms with Crippen LogP contribution in [0.5, 0.6) is 0 Å². The van der Waals surface area contributed by atoms with Gasteiger partial charge < -0.3 is 5.32 Å². The number of carbonyl (C=O) groups is 1. The Balaban J connectivity index is 1.21. The summed E-state index contributed by atoms with van der Waals surface area (Å²) in [5.74, 6) is 1.23. The lowest BCUT2D eigenvalue weighted by atomic mass is 9.42. The standard InChI is InChI=1S/C30H31ClN2O3S/c1-20-6-8-23(9-7-20)29-15-21-14-22(16-29)18-30(17-21,19-29)28(34)32-24-10-12-25(13-11-24)37(35,36)33-27-5-3-2-4-26(27)31/h2-13,21-22,33H,14-19H2,1H3,(H,32,34)/t21-,22-,29?,30?/m1/s1. The molecule has 2 N–H and O–H groups in total. The van der Waals surface area contributed by atoms with Gasteiger partial charge in [-0.05, 0) is 105 Å². The number of anilines is 2. The first-order valence-electron chi connectivity index (χ1n) is 12.9. The SMILES string of the molecule is Cc1ccc(C23C[C@H]4C[C@@H](CC(C(=O)Nc5ccc(S(=O)(=O)Nc6ccccc6Cl)cc5)(C4)C2)C3)cc1. The van der Waals surface area contributed by atoms with E-state index in [9.17, 15) is 13.2 Å². The summed E-state index contributed by atoms with van der Waals surface area (Å²) in [6.45, 7) is 2.11. The number of aryl methyl sites for hydroxylation is 1. The maximum Gasteiger partial charge on any atom is 0.261 e. The van der Waals surface area contributed by atoms with Crippen LogP contribution in [0.25, 0.3) is 0 Å². The Kier molecular flexibility index (Phi) is 5.88. The molecule has 192 valence electrons. The third kappa shape index (κ3) is 4.44. The fourth-order valence-electron chi connectivity index (χ4n) is 7.50. The number of rotatable bonds is 6. The van der Waals surface area contributed by atoms with Gasteiger partial charge in [-0.3, -0.25) is 9.52 Å². The van der Waals surface area contributed by atoms with Gasteiger partial charge in [0, 0.05) is 5.69 Å². The summed E-state index contributed by atoms with van der Waals surface area (Å²) in [6, 6.07) is 22.0. The van der Waals surface area contributed by atoms with Crippen molar-refractivity contribution >= 4 is 38.9 Å². The molecule has 1 amide bonds. The van der Waals surface area contributed by atoms with E-state index in [4.69, 9.17) is 11.6 Å². The summed E-state index contributed by atoms with van der Waals surface area (Å²) < 4.78 is 28.2. The van der Waals surface area contributed by atoms with E-state index in [1.165, 1.54) is 42.5 Å². The number of halogens is 1. The Labute approximate surface area is 223 Å². The summed E-state index contributed by atoms with van der Waals surface area (Å²) in [6.07, 6.45) is 6.34. The third-order valence-electron chi connectivity index (χ3n) is 8.75. The van der Waals surface area contributed by atoms with Gasteiger partial charge in [0.25, 0.3) is 10.0 Å². The molecular formula is C30H31ClN2O3S. The minimum atomic E-state index is -3.81. The highest BCUT2D eigenvalue weighted by Crippen LogP contribution is 2.66. The van der Waals surface area contributed by atoms with Gasteiger partial charge >= 0.3 is 0 Å². The highest BCUT2D eigenvalue weighted by molar-refractivity contribution is 7.92. The maximum atomic E-state index is 13.8. The number of hydrogen-bond donors (Lipinski definition) is 2. The fourth-order valence-corrected chi connectivity index (χ4v) is 8.82. The van der Waals surface area contributed by atoms with Gasteiger partial charge in [-0.15, -0.1) is 0 Å². The van der Waals surface area contributed by atoms with E-state index in [0.717, 1.165) is 19.3 Å². The van der Waals surface area contributed by atoms with E-state index in [-0.39, 0.29) is 21.6 Å². The lowest BCUT2D eigenvalue weighted by molar-refractivity contribution is -0.143. The molecule has 0 aliphatic heterocycles. The second kappa shape index (κ2) is 8.88. The van der Waals surface area contributed by atoms with Crippen molar-refractivity contribution in [3.63, 3.8) is 0 Å². The third-order valence-corrected chi connectivity index (χ3v) is 10.5. The first-order chi connectivity index (χ1) is 17.7. The van der Waals surface area contributed by atoms with Gasteiger partial charge in [0.15, 0.2) is 0 Å². The zero-order valence-corrected chi connectivity index (χ0v) is 22.4. The molecule has 0 saturated heterocycles. The molecule has 4 fully saturated rings. The predicted molar refractivity (Wildman–Crippen MR) is 147 cm³/mol. The zero-order valence-electron chi connectivity index (χ0n) is 20.8. The molecule has 5 nitrogen and oxygen atoms in total. The van der Waals surface area contributed by atoms with Crippen molar-refractivity contribution in [1.29, 1.82) is 0 Å². The second-order valence-corrected chi connectivity index (χ2v) is 13.5. The van der Waals surface area contributed by atoms with E-state index in [1.54, 1.807) is 36.4 Å². The molecule has 0 heterocycles. The summed E-state index contributed by atoms with van der Waals surface area (Å²) in [5, 5.41) is 3.47. The van der Waals surface area contributed by atoms with Gasteiger partial charge in [0.1, 0.15) is 0 Å². The van der Waals surface area contributed by atoms with Crippen LogP contribution in [-0.2, 0) is 20.2 Å². The van der Waals surface area contributed by atoms with Crippen molar-refractivity contribution in [2.45, 2.75) is 55.8 Å². The van der Waals surface area contributed by atoms with Gasteiger partial charge in [-0.2, -0.15) is 0 Å². The van der Waals surface area contributed by atoms with Crippen molar-refractivity contribution in [1.82, 2.24) is 0 Å². The molecule has 0 radical (unpaired) electrons. The number of sulfonamides is 1. The van der Waals surface area contributed by atoms with Crippen LogP contribution in [0, 0.1) is 24.2 Å². The van der Waals surface area contributed by atoms with Crippen molar-refractivity contribution in [3.8, 4) is 0 Å². The van der Waals surface area contributed by atoms with E-state index in [2.05, 4.69) is 41.2 Å². The van der Waals surface area contributed by atoms with Crippen LogP contribution < -0.4 is 10.0 Å². The molecule has 4 aliphatic carbocycles. The lowest BCUT2D eigenvalue weighted by Crippen LogP contribution is -2.57. The van der Waals surface area contributed by atoms with E-state index in [1.807, 2.05) is 0 Å². The maximum absolute atomic E-state index is 13.8. The Morgan fingerprint density at radius 1 is 0.892 bits per heavy atom. The van der Waals surface area contributed by atoms with Crippen LogP contribution in [0.2, 0.25) is 5.02 Å². The van der Waals surface area contributed by atoms with Gasteiger partial charge in [-0.25, -0.2) is 8.42 Å². The van der Waals surface area contributed by atoms with Crippen LogP contribution in [0.3, 0.4) is 0 Å². The minimum absolute atomic E-state index is 0.0721. The second-order valence-electron chi connectivity index (χ2n) is 11.5. The minimum Gasteiger partial charge on any atom is -0.326 e. The number of para-hydroxylation sites is 1. The quantitative estimate of drug-likeness (QED) is 0.360. The molecule has 4 bridgehead atoms. The molecule has 7 rings (SSSR count). The molecule has 0 spiro atoms. The largest absolute Gasteiger partial charge is 0.326 e. The molecule has 3 aromatic rings. The van der Waals surface area contributed by atoms with Gasteiger partial charge in [-0.1, -0.05) is 53.6 Å². The molecule has 7 heteroatoms. The first-order valence-corrected chi connectivity index (χ1v) is 14.8. The van der Waals surface area contributed by atoms with Gasteiger partial charge in [0.05, 0.1) is 21.0 Å². The lowest BCUT2D eigenvalue weighted by Gasteiger charge is -2.61. The smallest absolute Gasteiger partial charge is 0.261 e. The predicted octanol–water partition coefficient (Wildman–Crippen LogP) is 6.93. The van der Waals surface area contributed by atoms with Crippen LogP contribution in [0.1, 0.15) is 49.7 Å². The number of amides is 1. The number of nitrogens with one attached hydrogen (secondary N) is 2. The highest BCUT2D eigenvalue weighted by atomic mass is 35.5. The summed E-state index contributed by atoms with van der Waals surface area (Å²) in [5.41, 5.74) is 3.29. The molecule has 4 saturated carbocycles. The van der Waals surface area contributed by atoms with Crippen LogP contribution in [0.15, 0.2) is 77.7 Å². The normalized spacial score (nSPS) is 28.2. The van der Waals surface area contributed by atoms with E-state index < -0.39 is 10.0 Å². The molecule has 37 heavy (non-hydrogen) atoms. The summed E-state index contributed by atoms with van der Waals surface area (Å²) in [4.78, 5) is 13.9. The zero-order chi connectivity index (χ0) is 25.8. The summed E-state index contributed by atoms with van der Waals surface area (Å²) in [7, 11) is -3.81. The van der Waals surface area contributed by atoms with Crippen molar-refractivity contribution in [3.05, 3.63) is 88.9 Å².